The summed E-state index contributed by atoms with van der Waals surface area (Å²) >= 11 is 0. The quantitative estimate of drug-likeness (QED) is 0.279. The van der Waals surface area contributed by atoms with E-state index in [1.807, 2.05) is 33.8 Å². The summed E-state index contributed by atoms with van der Waals surface area (Å²) in [4.78, 5) is 16.7. The van der Waals surface area contributed by atoms with Gasteiger partial charge in [-0.3, -0.25) is 0 Å². The van der Waals surface area contributed by atoms with Gasteiger partial charge >= 0.3 is 6.09 Å². The molecule has 1 aliphatic rings. The second kappa shape index (κ2) is 13.3. The number of ether oxygens (including phenoxy) is 2. The number of aromatic hydroxyl groups is 1. The average molecular weight is 559 g/mol. The fourth-order valence-corrected chi connectivity index (χ4v) is 5.64. The molecular weight excluding hydrogens is 512 g/mol. The number of aryl methyl sites for hydroxylation is 1. The zero-order chi connectivity index (χ0) is 29.6. The third kappa shape index (κ3) is 7.96. The van der Waals surface area contributed by atoms with Crippen molar-refractivity contribution in [3.63, 3.8) is 0 Å². The fourth-order valence-electron chi connectivity index (χ4n) is 5.64. The summed E-state index contributed by atoms with van der Waals surface area (Å²) in [6.07, 6.45) is 3.52. The predicted molar refractivity (Wildman–Crippen MR) is 166 cm³/mol. The number of carbonyl (C=O) groups is 1. The number of benzene rings is 3. The van der Waals surface area contributed by atoms with Crippen molar-refractivity contribution in [3.05, 3.63) is 88.5 Å². The van der Waals surface area contributed by atoms with Crippen molar-refractivity contribution >= 4 is 11.8 Å². The molecule has 0 radical (unpaired) electrons. The summed E-state index contributed by atoms with van der Waals surface area (Å²) in [5, 5.41) is 9.92. The Bertz CT molecular complexity index is 1310. The molecule has 3 aromatic rings. The molecule has 6 nitrogen and oxygen atoms in total. The van der Waals surface area contributed by atoms with E-state index in [4.69, 9.17) is 9.47 Å². The molecule has 1 atom stereocenters. The van der Waals surface area contributed by atoms with Crippen molar-refractivity contribution in [2.45, 2.75) is 78.4 Å². The highest BCUT2D eigenvalue weighted by Crippen LogP contribution is 2.40. The van der Waals surface area contributed by atoms with E-state index < -0.39 is 5.60 Å². The molecule has 220 valence electrons. The number of hydrogen-bond donors (Lipinski definition) is 1. The van der Waals surface area contributed by atoms with Gasteiger partial charge < -0.3 is 24.4 Å². The molecule has 3 aromatic carbocycles. The van der Waals surface area contributed by atoms with Gasteiger partial charge in [0.1, 0.15) is 17.1 Å². The molecule has 0 bridgehead atoms. The highest BCUT2D eigenvalue weighted by molar-refractivity contribution is 5.68. The number of phenolic OH excluding ortho intramolecular Hbond substituents is 1. The standard InChI is InChI=1S/C35H46N2O4/c1-7-36(34(39)41-35(3,4)5)20-19-25-9-11-26(12-10-25)24-37(8-2)33-23-31(40-6)17-18-32(33)29-14-13-28-22-30(38)16-15-27(28)21-29/h9-12,15-18,22-23,29,38H,7-8,13-14,19-21,24H2,1-6H3/t29-/m1/s1. The average Bonchev–Trinajstić information content (AvgIpc) is 2.95. The van der Waals surface area contributed by atoms with Crippen LogP contribution in [0.4, 0.5) is 10.5 Å². The van der Waals surface area contributed by atoms with E-state index in [1.165, 1.54) is 33.5 Å². The maximum absolute atomic E-state index is 12.5. The number of phenols is 1. The summed E-state index contributed by atoms with van der Waals surface area (Å²) in [5.41, 5.74) is 7.11. The normalized spacial score (nSPS) is 14.7. The van der Waals surface area contributed by atoms with E-state index in [0.717, 1.165) is 44.5 Å². The van der Waals surface area contributed by atoms with Gasteiger partial charge in [-0.05, 0) is 112 Å². The Morgan fingerprint density at radius 1 is 0.951 bits per heavy atom. The molecule has 0 unspecified atom stereocenters. The van der Waals surface area contributed by atoms with Crippen molar-refractivity contribution in [1.82, 2.24) is 4.90 Å². The molecule has 0 aliphatic heterocycles. The van der Waals surface area contributed by atoms with E-state index in [9.17, 15) is 9.90 Å². The molecule has 4 rings (SSSR count). The van der Waals surface area contributed by atoms with Crippen LogP contribution in [0, 0.1) is 0 Å². The Balaban J connectivity index is 1.47. The Labute approximate surface area is 245 Å². The fraction of sp³-hybridized carbons (Fsp3) is 0.457. The Morgan fingerprint density at radius 2 is 1.68 bits per heavy atom. The van der Waals surface area contributed by atoms with Crippen LogP contribution in [0.25, 0.3) is 0 Å². The highest BCUT2D eigenvalue weighted by Gasteiger charge is 2.25. The molecule has 0 spiro atoms. The van der Waals surface area contributed by atoms with E-state index in [-0.39, 0.29) is 6.09 Å². The monoisotopic (exact) mass is 558 g/mol. The largest absolute Gasteiger partial charge is 0.508 e. The van der Waals surface area contributed by atoms with E-state index >= 15 is 0 Å². The lowest BCUT2D eigenvalue weighted by atomic mass is 9.79. The Morgan fingerprint density at radius 3 is 2.34 bits per heavy atom. The number of fused-ring (bicyclic) bond motifs is 1. The van der Waals surface area contributed by atoms with Gasteiger partial charge in [-0.25, -0.2) is 4.79 Å². The molecule has 6 heteroatoms. The van der Waals surface area contributed by atoms with Crippen molar-refractivity contribution in [2.75, 3.05) is 31.6 Å². The zero-order valence-corrected chi connectivity index (χ0v) is 25.6. The molecule has 1 N–H and O–H groups in total. The van der Waals surface area contributed by atoms with Crippen LogP contribution in [0.1, 0.15) is 74.8 Å². The van der Waals surface area contributed by atoms with Crippen LogP contribution in [0.5, 0.6) is 11.5 Å². The lowest BCUT2D eigenvalue weighted by molar-refractivity contribution is 0.0262. The number of methoxy groups -OCH3 is 1. The minimum absolute atomic E-state index is 0.260. The van der Waals surface area contributed by atoms with Crippen molar-refractivity contribution in [2.24, 2.45) is 0 Å². The van der Waals surface area contributed by atoms with Crippen molar-refractivity contribution < 1.29 is 19.4 Å². The van der Waals surface area contributed by atoms with Crippen LogP contribution >= 0.6 is 0 Å². The molecule has 0 heterocycles. The highest BCUT2D eigenvalue weighted by atomic mass is 16.6. The smallest absolute Gasteiger partial charge is 0.410 e. The minimum Gasteiger partial charge on any atom is -0.508 e. The maximum atomic E-state index is 12.5. The summed E-state index contributed by atoms with van der Waals surface area (Å²) < 4.78 is 11.2. The van der Waals surface area contributed by atoms with Crippen LogP contribution in [0.15, 0.2) is 60.7 Å². The van der Waals surface area contributed by atoms with Gasteiger partial charge in [-0.2, -0.15) is 0 Å². The number of rotatable bonds is 10. The Hall–Kier alpha value is -3.67. The molecule has 41 heavy (non-hydrogen) atoms. The Kier molecular flexibility index (Phi) is 9.85. The lowest BCUT2D eigenvalue weighted by Crippen LogP contribution is -2.37. The molecule has 0 saturated heterocycles. The number of anilines is 1. The van der Waals surface area contributed by atoms with Gasteiger partial charge in [-0.1, -0.05) is 36.4 Å². The van der Waals surface area contributed by atoms with Crippen molar-refractivity contribution in [1.29, 1.82) is 0 Å². The van der Waals surface area contributed by atoms with Crippen LogP contribution in [-0.4, -0.2) is 48.4 Å². The van der Waals surface area contributed by atoms with Gasteiger partial charge in [0, 0.05) is 37.9 Å². The third-order valence-electron chi connectivity index (χ3n) is 7.92. The first kappa shape index (κ1) is 30.3. The maximum Gasteiger partial charge on any atom is 0.410 e. The topological polar surface area (TPSA) is 62.2 Å². The SMILES string of the molecule is CCN(CCc1ccc(CN(CC)c2cc(OC)ccc2[C@@H]2CCc3cc(O)ccc3C2)cc1)C(=O)OC(C)(C)C. The van der Waals surface area contributed by atoms with Crippen LogP contribution in [0.3, 0.4) is 0 Å². The van der Waals surface area contributed by atoms with Gasteiger partial charge in [0.05, 0.1) is 7.11 Å². The first-order valence-electron chi connectivity index (χ1n) is 14.9. The number of nitrogens with zero attached hydrogens (tertiary/aromatic N) is 2. The zero-order valence-electron chi connectivity index (χ0n) is 25.6. The second-order valence-corrected chi connectivity index (χ2v) is 12.0. The van der Waals surface area contributed by atoms with E-state index in [1.54, 1.807) is 18.1 Å². The summed E-state index contributed by atoms with van der Waals surface area (Å²) in [6.45, 7) is 12.8. The molecule has 1 aliphatic carbocycles. The number of amides is 1. The summed E-state index contributed by atoms with van der Waals surface area (Å²) in [7, 11) is 1.72. The lowest BCUT2D eigenvalue weighted by Gasteiger charge is -2.32. The van der Waals surface area contributed by atoms with Gasteiger partial charge in [0.25, 0.3) is 0 Å². The molecule has 0 saturated carbocycles. The number of carbonyl (C=O) groups excluding carboxylic acids is 1. The first-order chi connectivity index (χ1) is 19.6. The number of likely N-dealkylation sites (N-methyl/N-ethyl adjacent to an activating group) is 1. The molecule has 1 amide bonds. The molecule has 0 aromatic heterocycles. The van der Waals surface area contributed by atoms with E-state index in [0.29, 0.717) is 24.8 Å². The molecule has 0 fully saturated rings. The number of hydrogen-bond acceptors (Lipinski definition) is 5. The van der Waals surface area contributed by atoms with Gasteiger partial charge in [-0.15, -0.1) is 0 Å². The van der Waals surface area contributed by atoms with Gasteiger partial charge in [0.2, 0.25) is 0 Å². The van der Waals surface area contributed by atoms with E-state index in [2.05, 4.69) is 60.4 Å². The van der Waals surface area contributed by atoms with Crippen LogP contribution in [0.2, 0.25) is 0 Å². The summed E-state index contributed by atoms with van der Waals surface area (Å²) in [5.74, 6) is 1.63. The predicted octanol–water partition coefficient (Wildman–Crippen LogP) is 7.50. The van der Waals surface area contributed by atoms with Crippen LogP contribution in [-0.2, 0) is 30.5 Å². The van der Waals surface area contributed by atoms with Crippen LogP contribution < -0.4 is 9.64 Å². The second-order valence-electron chi connectivity index (χ2n) is 12.0. The van der Waals surface area contributed by atoms with Gasteiger partial charge in [0.15, 0.2) is 0 Å². The van der Waals surface area contributed by atoms with Crippen molar-refractivity contribution in [3.8, 4) is 11.5 Å². The third-order valence-corrected chi connectivity index (χ3v) is 7.92. The minimum atomic E-state index is -0.495. The molecular formula is C35H46N2O4. The summed E-state index contributed by atoms with van der Waals surface area (Å²) in [6, 6.07) is 21.0. The first-order valence-corrected chi connectivity index (χ1v) is 14.9.